The summed E-state index contributed by atoms with van der Waals surface area (Å²) in [6, 6.07) is 6.19. The van der Waals surface area contributed by atoms with Crippen LogP contribution < -0.4 is 14.3 Å². The zero-order valence-electron chi connectivity index (χ0n) is 18.8. The molecule has 0 saturated heterocycles. The molecule has 0 spiro atoms. The Morgan fingerprint density at radius 1 is 1.09 bits per heavy atom. The summed E-state index contributed by atoms with van der Waals surface area (Å²) in [5.74, 6) is -1.06. The third-order valence-electron chi connectivity index (χ3n) is 5.02. The lowest BCUT2D eigenvalue weighted by molar-refractivity contribution is -0.385. The van der Waals surface area contributed by atoms with Crippen molar-refractivity contribution in [2.75, 3.05) is 20.8 Å². The fourth-order valence-corrected chi connectivity index (χ4v) is 4.34. The number of benzene rings is 2. The van der Waals surface area contributed by atoms with Crippen LogP contribution in [0.15, 0.2) is 29.3 Å². The first kappa shape index (κ1) is 23.9. The van der Waals surface area contributed by atoms with Crippen LogP contribution in [-0.2, 0) is 16.1 Å². The van der Waals surface area contributed by atoms with Gasteiger partial charge in [0.15, 0.2) is 16.3 Å². The van der Waals surface area contributed by atoms with Crippen molar-refractivity contribution in [1.29, 1.82) is 0 Å². The smallest absolute Gasteiger partial charge is 0.326 e. The van der Waals surface area contributed by atoms with Crippen molar-refractivity contribution in [1.82, 2.24) is 4.57 Å². The van der Waals surface area contributed by atoms with Crippen molar-refractivity contribution in [3.8, 4) is 11.5 Å². The Bertz CT molecular complexity index is 1320. The lowest BCUT2D eigenvalue weighted by atomic mass is 10.1. The molecule has 0 aliphatic heterocycles. The van der Waals surface area contributed by atoms with Gasteiger partial charge in [0.2, 0.25) is 0 Å². The predicted molar refractivity (Wildman–Crippen MR) is 122 cm³/mol. The number of carbonyl (C=O) groups is 2. The molecule has 33 heavy (non-hydrogen) atoms. The number of methoxy groups -OCH3 is 2. The Labute approximate surface area is 193 Å². The van der Waals surface area contributed by atoms with Crippen LogP contribution in [0.3, 0.4) is 0 Å². The first-order valence-electron chi connectivity index (χ1n) is 9.95. The number of nitrogens with zero attached hydrogens (tertiary/aromatic N) is 3. The van der Waals surface area contributed by atoms with E-state index < -0.39 is 22.5 Å². The van der Waals surface area contributed by atoms with Gasteiger partial charge in [-0.1, -0.05) is 11.3 Å². The van der Waals surface area contributed by atoms with Gasteiger partial charge >= 0.3 is 5.97 Å². The molecule has 1 aromatic heterocycles. The quantitative estimate of drug-likeness (QED) is 0.292. The van der Waals surface area contributed by atoms with Gasteiger partial charge in [-0.25, -0.2) is 0 Å². The van der Waals surface area contributed by atoms with E-state index in [1.54, 1.807) is 11.5 Å². The maximum Gasteiger partial charge on any atom is 0.326 e. The van der Waals surface area contributed by atoms with E-state index in [-0.39, 0.29) is 35.0 Å². The molecule has 0 fully saturated rings. The predicted octanol–water partition coefficient (Wildman–Crippen LogP) is 3.55. The number of aromatic nitrogens is 1. The molecule has 0 aliphatic rings. The number of thiazole rings is 1. The van der Waals surface area contributed by atoms with Gasteiger partial charge in [0, 0.05) is 6.07 Å². The molecule has 174 valence electrons. The summed E-state index contributed by atoms with van der Waals surface area (Å²) < 4.78 is 17.7. The van der Waals surface area contributed by atoms with Gasteiger partial charge in [0.25, 0.3) is 11.6 Å². The number of hydrogen-bond acceptors (Lipinski definition) is 8. The van der Waals surface area contributed by atoms with E-state index in [1.807, 2.05) is 26.0 Å². The fourth-order valence-electron chi connectivity index (χ4n) is 3.23. The summed E-state index contributed by atoms with van der Waals surface area (Å²) in [6.07, 6.45) is 0. The van der Waals surface area contributed by atoms with E-state index in [1.165, 1.54) is 31.6 Å². The highest BCUT2D eigenvalue weighted by Gasteiger charge is 2.25. The monoisotopic (exact) mass is 473 g/mol. The van der Waals surface area contributed by atoms with Crippen LogP contribution in [-0.4, -0.2) is 42.2 Å². The minimum Gasteiger partial charge on any atom is -0.493 e. The molecular weight excluding hydrogens is 450 g/mol. The molecule has 0 unspecified atom stereocenters. The third kappa shape index (κ3) is 4.87. The van der Waals surface area contributed by atoms with Crippen molar-refractivity contribution in [3.63, 3.8) is 0 Å². The second kappa shape index (κ2) is 9.82. The number of nitro groups is 1. The van der Waals surface area contributed by atoms with E-state index in [0.717, 1.165) is 21.9 Å². The summed E-state index contributed by atoms with van der Waals surface area (Å²) in [7, 11) is 2.70. The van der Waals surface area contributed by atoms with Gasteiger partial charge < -0.3 is 18.8 Å². The average molecular weight is 474 g/mol. The van der Waals surface area contributed by atoms with E-state index in [2.05, 4.69) is 4.99 Å². The van der Waals surface area contributed by atoms with Crippen LogP contribution in [0.5, 0.6) is 11.5 Å². The number of hydrogen-bond donors (Lipinski definition) is 0. The largest absolute Gasteiger partial charge is 0.493 e. The minimum atomic E-state index is -0.847. The number of esters is 1. The van der Waals surface area contributed by atoms with Crippen LogP contribution in [0.4, 0.5) is 5.69 Å². The fraction of sp³-hybridized carbons (Fsp3) is 0.318. The van der Waals surface area contributed by atoms with Crippen molar-refractivity contribution >= 4 is 39.1 Å². The molecular formula is C22H23N3O7S. The molecule has 0 bridgehead atoms. The Morgan fingerprint density at radius 2 is 1.73 bits per heavy atom. The van der Waals surface area contributed by atoms with Gasteiger partial charge in [0.1, 0.15) is 12.1 Å². The Balaban J connectivity index is 2.23. The zero-order valence-corrected chi connectivity index (χ0v) is 19.6. The Kier molecular flexibility index (Phi) is 7.12. The summed E-state index contributed by atoms with van der Waals surface area (Å²) in [6.45, 7) is 5.65. The van der Waals surface area contributed by atoms with Crippen molar-refractivity contribution < 1.29 is 28.7 Å². The topological polar surface area (TPSA) is 122 Å². The Hall–Kier alpha value is -3.73. The van der Waals surface area contributed by atoms with Gasteiger partial charge in [-0.15, -0.1) is 0 Å². The SMILES string of the molecule is CCOC(=O)Cn1c(=NC(=O)c2cc(OC)c(OC)cc2[N+](=O)[O-])sc2cc(C)c(C)cc21. The molecule has 10 nitrogen and oxygen atoms in total. The van der Waals surface area contributed by atoms with E-state index in [0.29, 0.717) is 5.52 Å². The Morgan fingerprint density at radius 3 is 2.33 bits per heavy atom. The molecule has 11 heteroatoms. The standard InChI is InChI=1S/C22H23N3O7S/c1-6-32-20(26)11-24-16-7-12(2)13(3)8-19(16)33-22(24)23-21(27)14-9-17(30-4)18(31-5)10-15(14)25(28)29/h7-10H,6,11H2,1-5H3. The van der Waals surface area contributed by atoms with E-state index >= 15 is 0 Å². The number of rotatable bonds is 7. The van der Waals surface area contributed by atoms with Gasteiger partial charge in [0.05, 0.1) is 42.0 Å². The highest BCUT2D eigenvalue weighted by molar-refractivity contribution is 7.16. The average Bonchev–Trinajstić information content (AvgIpc) is 3.08. The maximum atomic E-state index is 13.1. The molecule has 3 rings (SSSR count). The molecule has 3 aromatic rings. The van der Waals surface area contributed by atoms with Gasteiger partial charge in [-0.2, -0.15) is 4.99 Å². The maximum absolute atomic E-state index is 13.1. The van der Waals surface area contributed by atoms with E-state index in [4.69, 9.17) is 14.2 Å². The van der Waals surface area contributed by atoms with Gasteiger partial charge in [-0.3, -0.25) is 19.7 Å². The van der Waals surface area contributed by atoms with Crippen LogP contribution in [0, 0.1) is 24.0 Å². The van der Waals surface area contributed by atoms with Crippen LogP contribution in [0.1, 0.15) is 28.4 Å². The summed E-state index contributed by atoms with van der Waals surface area (Å²) in [4.78, 5) is 40.6. The highest BCUT2D eigenvalue weighted by Crippen LogP contribution is 2.35. The molecule has 0 saturated carbocycles. The van der Waals surface area contributed by atoms with E-state index in [9.17, 15) is 19.7 Å². The molecule has 0 N–H and O–H groups in total. The second-order valence-electron chi connectivity index (χ2n) is 7.08. The third-order valence-corrected chi connectivity index (χ3v) is 6.06. The first-order valence-corrected chi connectivity index (χ1v) is 10.8. The highest BCUT2D eigenvalue weighted by atomic mass is 32.1. The van der Waals surface area contributed by atoms with Crippen LogP contribution in [0.2, 0.25) is 0 Å². The first-order chi connectivity index (χ1) is 15.7. The number of aryl methyl sites for hydroxylation is 2. The van der Waals surface area contributed by atoms with Crippen LogP contribution >= 0.6 is 11.3 Å². The molecule has 2 aromatic carbocycles. The summed E-state index contributed by atoms with van der Waals surface area (Å²) >= 11 is 1.20. The molecule has 0 radical (unpaired) electrons. The number of amides is 1. The normalized spacial score (nSPS) is 11.5. The summed E-state index contributed by atoms with van der Waals surface area (Å²) in [5.41, 5.74) is 2.03. The van der Waals surface area contributed by atoms with Crippen molar-refractivity contribution in [3.05, 3.63) is 55.9 Å². The zero-order chi connectivity index (χ0) is 24.3. The lowest BCUT2D eigenvalue weighted by Gasteiger charge is -2.09. The van der Waals surface area contributed by atoms with Gasteiger partial charge in [-0.05, 0) is 44.0 Å². The van der Waals surface area contributed by atoms with Crippen molar-refractivity contribution in [2.45, 2.75) is 27.3 Å². The van der Waals surface area contributed by atoms with Crippen LogP contribution in [0.25, 0.3) is 10.2 Å². The summed E-state index contributed by atoms with van der Waals surface area (Å²) in [5, 5.41) is 11.6. The number of ether oxygens (including phenoxy) is 3. The molecule has 1 amide bonds. The lowest BCUT2D eigenvalue weighted by Crippen LogP contribution is -2.23. The minimum absolute atomic E-state index is 0.117. The molecule has 0 aliphatic carbocycles. The number of fused-ring (bicyclic) bond motifs is 1. The number of nitro benzene ring substituents is 1. The number of carbonyl (C=O) groups excluding carboxylic acids is 2. The molecule has 0 atom stereocenters. The second-order valence-corrected chi connectivity index (χ2v) is 8.09. The van der Waals surface area contributed by atoms with Crippen molar-refractivity contribution in [2.24, 2.45) is 4.99 Å². The molecule has 1 heterocycles.